The zero-order valence-electron chi connectivity index (χ0n) is 13.0. The van der Waals surface area contributed by atoms with Crippen molar-refractivity contribution in [3.8, 4) is 17.0 Å². The van der Waals surface area contributed by atoms with Crippen LogP contribution in [0.4, 0.5) is 13.2 Å². The zero-order valence-corrected chi connectivity index (χ0v) is 13.0. The molecule has 0 radical (unpaired) electrons. The average molecular weight is 346 g/mol. The minimum absolute atomic E-state index is 0.128. The van der Waals surface area contributed by atoms with Gasteiger partial charge in [0.25, 0.3) is 0 Å². The maximum absolute atomic E-state index is 13.0. The van der Waals surface area contributed by atoms with Gasteiger partial charge in [-0.25, -0.2) is 4.68 Å². The van der Waals surface area contributed by atoms with Crippen molar-refractivity contribution in [2.45, 2.75) is 24.9 Å². The molecule has 0 aliphatic heterocycles. The highest BCUT2D eigenvalue weighted by atomic mass is 19.4. The van der Waals surface area contributed by atoms with Crippen molar-refractivity contribution in [1.29, 1.82) is 0 Å². The van der Waals surface area contributed by atoms with Gasteiger partial charge in [0, 0.05) is 17.2 Å². The van der Waals surface area contributed by atoms with Crippen molar-refractivity contribution in [3.05, 3.63) is 59.6 Å². The first-order valence-electron chi connectivity index (χ1n) is 7.78. The standard InChI is InChI=1S/C18H13F3N2O2/c19-18(20,21)17-9-15(11-1-2-11)23(22-17)13-5-3-12(4-6-13)16-8-7-14(10-24)25-16/h3-11H,1-2H2. The minimum Gasteiger partial charge on any atom is -0.453 e. The summed E-state index contributed by atoms with van der Waals surface area (Å²) in [6.45, 7) is 0. The molecule has 1 aliphatic carbocycles. The molecule has 4 nitrogen and oxygen atoms in total. The fourth-order valence-electron chi connectivity index (χ4n) is 2.75. The van der Waals surface area contributed by atoms with E-state index in [2.05, 4.69) is 5.10 Å². The van der Waals surface area contributed by atoms with Crippen LogP contribution in [0.1, 0.15) is 40.7 Å². The quantitative estimate of drug-likeness (QED) is 0.635. The Balaban J connectivity index is 1.70. The summed E-state index contributed by atoms with van der Waals surface area (Å²) in [6, 6.07) is 11.2. The third kappa shape index (κ3) is 2.97. The first kappa shape index (κ1) is 15.7. The Kier molecular flexibility index (Phi) is 3.52. The Labute approximate surface area is 140 Å². The van der Waals surface area contributed by atoms with Crippen molar-refractivity contribution in [3.63, 3.8) is 0 Å². The SMILES string of the molecule is O=Cc1ccc(-c2ccc(-n3nc(C(F)(F)F)cc3C3CC3)cc2)o1. The molecule has 0 spiro atoms. The maximum Gasteiger partial charge on any atom is 0.435 e. The normalized spacial score (nSPS) is 14.7. The highest BCUT2D eigenvalue weighted by Gasteiger charge is 2.38. The van der Waals surface area contributed by atoms with E-state index in [1.54, 1.807) is 36.4 Å². The molecule has 0 atom stereocenters. The molecule has 25 heavy (non-hydrogen) atoms. The molecular weight excluding hydrogens is 333 g/mol. The summed E-state index contributed by atoms with van der Waals surface area (Å²) in [5.41, 5.74) is 0.998. The third-order valence-corrected chi connectivity index (χ3v) is 4.16. The van der Waals surface area contributed by atoms with E-state index in [4.69, 9.17) is 4.42 Å². The number of aromatic nitrogens is 2. The Hall–Kier alpha value is -2.83. The molecule has 3 aromatic rings. The van der Waals surface area contributed by atoms with Crippen molar-refractivity contribution in [2.75, 3.05) is 0 Å². The summed E-state index contributed by atoms with van der Waals surface area (Å²) in [5.74, 6) is 0.869. The van der Waals surface area contributed by atoms with Crippen LogP contribution in [0.2, 0.25) is 0 Å². The van der Waals surface area contributed by atoms with Gasteiger partial charge in [0.05, 0.1) is 5.69 Å². The third-order valence-electron chi connectivity index (χ3n) is 4.16. The second-order valence-electron chi connectivity index (χ2n) is 6.01. The van der Waals surface area contributed by atoms with Gasteiger partial charge in [0.15, 0.2) is 17.7 Å². The molecule has 0 N–H and O–H groups in total. The monoisotopic (exact) mass is 346 g/mol. The van der Waals surface area contributed by atoms with E-state index >= 15 is 0 Å². The van der Waals surface area contributed by atoms with Gasteiger partial charge in [-0.2, -0.15) is 18.3 Å². The van der Waals surface area contributed by atoms with Gasteiger partial charge >= 0.3 is 6.18 Å². The van der Waals surface area contributed by atoms with Gasteiger partial charge in [-0.3, -0.25) is 4.79 Å². The first-order chi connectivity index (χ1) is 12.0. The van der Waals surface area contributed by atoms with E-state index in [9.17, 15) is 18.0 Å². The maximum atomic E-state index is 13.0. The minimum atomic E-state index is -4.46. The average Bonchev–Trinajstić information content (AvgIpc) is 3.15. The summed E-state index contributed by atoms with van der Waals surface area (Å²) in [7, 11) is 0. The molecule has 128 valence electrons. The lowest BCUT2D eigenvalue weighted by Gasteiger charge is -2.07. The molecule has 0 saturated heterocycles. The molecular formula is C18H13F3N2O2. The Bertz CT molecular complexity index is 919. The molecule has 1 fully saturated rings. The Morgan fingerprint density at radius 1 is 1.12 bits per heavy atom. The molecule has 0 unspecified atom stereocenters. The number of halogens is 3. The number of nitrogens with zero attached hydrogens (tertiary/aromatic N) is 2. The lowest BCUT2D eigenvalue weighted by Crippen LogP contribution is -2.07. The number of hydrogen-bond donors (Lipinski definition) is 0. The number of hydrogen-bond acceptors (Lipinski definition) is 3. The number of rotatable bonds is 4. The molecule has 1 aliphatic rings. The Morgan fingerprint density at radius 3 is 2.40 bits per heavy atom. The molecule has 0 bridgehead atoms. The van der Waals surface area contributed by atoms with Crippen molar-refractivity contribution in [1.82, 2.24) is 9.78 Å². The zero-order chi connectivity index (χ0) is 17.6. The number of carbonyl (C=O) groups excluding carboxylic acids is 1. The topological polar surface area (TPSA) is 48.0 Å². The summed E-state index contributed by atoms with van der Waals surface area (Å²) >= 11 is 0. The largest absolute Gasteiger partial charge is 0.453 e. The van der Waals surface area contributed by atoms with Gasteiger partial charge in [-0.05, 0) is 55.3 Å². The second-order valence-corrected chi connectivity index (χ2v) is 6.01. The highest BCUT2D eigenvalue weighted by Crippen LogP contribution is 2.43. The molecule has 1 saturated carbocycles. The lowest BCUT2D eigenvalue weighted by atomic mass is 10.1. The predicted octanol–water partition coefficient (Wildman–Crippen LogP) is 4.84. The first-order valence-corrected chi connectivity index (χ1v) is 7.78. The van der Waals surface area contributed by atoms with E-state index in [1.807, 2.05) is 0 Å². The van der Waals surface area contributed by atoms with Crippen molar-refractivity contribution < 1.29 is 22.4 Å². The van der Waals surface area contributed by atoms with Gasteiger partial charge in [-0.15, -0.1) is 0 Å². The second kappa shape index (κ2) is 5.61. The molecule has 2 aromatic heterocycles. The van der Waals surface area contributed by atoms with E-state index in [0.29, 0.717) is 23.4 Å². The van der Waals surface area contributed by atoms with Crippen LogP contribution in [0, 0.1) is 0 Å². The lowest BCUT2D eigenvalue weighted by molar-refractivity contribution is -0.141. The fraction of sp³-hybridized carbons (Fsp3) is 0.222. The van der Waals surface area contributed by atoms with Crippen LogP contribution >= 0.6 is 0 Å². The number of alkyl halides is 3. The van der Waals surface area contributed by atoms with Crippen LogP contribution in [0.3, 0.4) is 0 Å². The highest BCUT2D eigenvalue weighted by molar-refractivity contribution is 5.72. The number of furan rings is 1. The number of benzene rings is 1. The number of carbonyl (C=O) groups is 1. The number of aldehydes is 1. The summed E-state index contributed by atoms with van der Waals surface area (Å²) in [4.78, 5) is 10.7. The van der Waals surface area contributed by atoms with Crippen LogP contribution in [-0.4, -0.2) is 16.1 Å². The molecule has 1 aromatic carbocycles. The van der Waals surface area contributed by atoms with Gasteiger partial charge in [-0.1, -0.05) is 0 Å². The van der Waals surface area contributed by atoms with E-state index in [-0.39, 0.29) is 11.7 Å². The summed E-state index contributed by atoms with van der Waals surface area (Å²) in [6.07, 6.45) is -2.10. The Morgan fingerprint density at radius 2 is 1.84 bits per heavy atom. The van der Waals surface area contributed by atoms with Crippen LogP contribution < -0.4 is 0 Å². The van der Waals surface area contributed by atoms with Gasteiger partial charge in [0.1, 0.15) is 5.76 Å². The van der Waals surface area contributed by atoms with Crippen molar-refractivity contribution in [2.24, 2.45) is 0 Å². The van der Waals surface area contributed by atoms with E-state index < -0.39 is 11.9 Å². The molecule has 2 heterocycles. The van der Waals surface area contributed by atoms with E-state index in [1.165, 1.54) is 4.68 Å². The van der Waals surface area contributed by atoms with Crippen LogP contribution in [-0.2, 0) is 6.18 Å². The van der Waals surface area contributed by atoms with Gasteiger partial charge in [0.2, 0.25) is 0 Å². The van der Waals surface area contributed by atoms with Crippen LogP contribution in [0.15, 0.2) is 46.9 Å². The molecule has 0 amide bonds. The smallest absolute Gasteiger partial charge is 0.435 e. The fourth-order valence-corrected chi connectivity index (χ4v) is 2.75. The summed E-state index contributed by atoms with van der Waals surface area (Å²) in [5, 5.41) is 3.75. The summed E-state index contributed by atoms with van der Waals surface area (Å²) < 4.78 is 45.7. The van der Waals surface area contributed by atoms with Crippen LogP contribution in [0.25, 0.3) is 17.0 Å². The predicted molar refractivity (Wildman–Crippen MR) is 83.6 cm³/mol. The van der Waals surface area contributed by atoms with Crippen molar-refractivity contribution >= 4 is 6.29 Å². The van der Waals surface area contributed by atoms with E-state index in [0.717, 1.165) is 24.5 Å². The van der Waals surface area contributed by atoms with Crippen LogP contribution in [0.5, 0.6) is 0 Å². The molecule has 7 heteroatoms. The van der Waals surface area contributed by atoms with Gasteiger partial charge < -0.3 is 4.42 Å². The molecule has 4 rings (SSSR count).